The first-order valence-electron chi connectivity index (χ1n) is 9.58. The fourth-order valence-corrected chi connectivity index (χ4v) is 4.42. The molecule has 0 radical (unpaired) electrons. The summed E-state index contributed by atoms with van der Waals surface area (Å²) in [7, 11) is 3.93. The van der Waals surface area contributed by atoms with E-state index in [0.717, 1.165) is 16.9 Å². The van der Waals surface area contributed by atoms with E-state index in [2.05, 4.69) is 61.7 Å². The number of hydrogen-bond donors (Lipinski definition) is 1. The van der Waals surface area contributed by atoms with E-state index in [9.17, 15) is 0 Å². The van der Waals surface area contributed by atoms with Crippen LogP contribution in [0, 0.1) is 0 Å². The van der Waals surface area contributed by atoms with E-state index in [0.29, 0.717) is 0 Å². The largest absolute Gasteiger partial charge is 0.362 e. The van der Waals surface area contributed by atoms with Gasteiger partial charge in [0, 0.05) is 38.3 Å². The Bertz CT molecular complexity index is 1050. The third-order valence-corrected chi connectivity index (χ3v) is 5.87. The van der Waals surface area contributed by atoms with Gasteiger partial charge in [-0.2, -0.15) is 0 Å². The lowest BCUT2D eigenvalue weighted by Gasteiger charge is -2.13. The quantitative estimate of drug-likeness (QED) is 0.500. The molecule has 2 aromatic carbocycles. The summed E-state index contributed by atoms with van der Waals surface area (Å²) in [6.07, 6.45) is 6.13. The number of fused-ring (bicyclic) bond motifs is 2. The summed E-state index contributed by atoms with van der Waals surface area (Å²) in [5.41, 5.74) is 0.883. The summed E-state index contributed by atoms with van der Waals surface area (Å²) in [5, 5.41) is 3.72. The Labute approximate surface area is 169 Å². The monoisotopic (exact) mass is 391 g/mol. The lowest BCUT2D eigenvalue weighted by molar-refractivity contribution is 0.586. The number of hydrogen-bond acceptors (Lipinski definition) is 5. The van der Waals surface area contributed by atoms with Crippen molar-refractivity contribution in [2.24, 2.45) is 0 Å². The first-order chi connectivity index (χ1) is 13.7. The van der Waals surface area contributed by atoms with Gasteiger partial charge in [-0.15, -0.1) is 0 Å². The van der Waals surface area contributed by atoms with E-state index in [-0.39, 0.29) is 0 Å². The standard InChI is InChI=1S/C14H15NS.C8H10N4/c1-2-6-13-11-14(8-7-12(13)5-1)16-15-9-3-4-10-15;1-12(2)8-6-3-4-9-7(6)10-5-11-8/h1-2,5-8,11H,3-4,9-10H2;3-5H,1-2H3,(H,9,10,11). The fraction of sp³-hybridized carbons (Fsp3) is 0.273. The van der Waals surface area contributed by atoms with Gasteiger partial charge in [0.2, 0.25) is 0 Å². The molecule has 5 rings (SSSR count). The van der Waals surface area contributed by atoms with Gasteiger partial charge < -0.3 is 9.88 Å². The van der Waals surface area contributed by atoms with Crippen LogP contribution >= 0.6 is 11.9 Å². The zero-order valence-electron chi connectivity index (χ0n) is 16.3. The first-order valence-corrected chi connectivity index (χ1v) is 10.4. The Kier molecular flexibility index (Phi) is 5.78. The molecule has 1 fully saturated rings. The Balaban J connectivity index is 0.000000143. The topological polar surface area (TPSA) is 48.1 Å². The number of aromatic nitrogens is 3. The lowest BCUT2D eigenvalue weighted by Crippen LogP contribution is -2.10. The number of nitrogens with zero attached hydrogens (tertiary/aromatic N) is 4. The smallest absolute Gasteiger partial charge is 0.142 e. The maximum atomic E-state index is 4.17. The molecule has 0 spiro atoms. The molecule has 1 saturated heterocycles. The van der Waals surface area contributed by atoms with E-state index in [1.807, 2.05) is 43.2 Å². The zero-order valence-corrected chi connectivity index (χ0v) is 17.1. The molecule has 144 valence electrons. The number of rotatable bonds is 3. The molecule has 1 aliphatic rings. The van der Waals surface area contributed by atoms with Crippen molar-refractivity contribution in [2.75, 3.05) is 32.1 Å². The summed E-state index contributed by atoms with van der Waals surface area (Å²) >= 11 is 1.90. The van der Waals surface area contributed by atoms with Gasteiger partial charge in [-0.1, -0.05) is 30.3 Å². The second-order valence-corrected chi connectivity index (χ2v) is 8.24. The Morgan fingerprint density at radius 1 is 0.964 bits per heavy atom. The third kappa shape index (κ3) is 4.29. The average Bonchev–Trinajstić information content (AvgIpc) is 3.39. The molecule has 1 N–H and O–H groups in total. The molecular formula is C22H25N5S. The van der Waals surface area contributed by atoms with Gasteiger partial charge in [0.1, 0.15) is 17.8 Å². The van der Waals surface area contributed by atoms with Gasteiger partial charge in [0.05, 0.1) is 5.39 Å². The van der Waals surface area contributed by atoms with Crippen molar-refractivity contribution in [3.8, 4) is 0 Å². The van der Waals surface area contributed by atoms with Gasteiger partial charge in [0.15, 0.2) is 0 Å². The van der Waals surface area contributed by atoms with Crippen LogP contribution in [0.4, 0.5) is 5.82 Å². The van der Waals surface area contributed by atoms with E-state index in [1.165, 1.54) is 41.6 Å². The minimum Gasteiger partial charge on any atom is -0.362 e. The fourth-order valence-electron chi connectivity index (χ4n) is 3.37. The van der Waals surface area contributed by atoms with Crippen LogP contribution < -0.4 is 4.90 Å². The molecule has 0 aliphatic carbocycles. The average molecular weight is 392 g/mol. The van der Waals surface area contributed by atoms with Crippen molar-refractivity contribution in [1.82, 2.24) is 19.3 Å². The molecule has 6 heteroatoms. The zero-order chi connectivity index (χ0) is 19.3. The molecule has 0 atom stereocenters. The Hall–Kier alpha value is -2.57. The number of benzene rings is 2. The minimum atomic E-state index is 0.883. The highest BCUT2D eigenvalue weighted by Gasteiger charge is 2.12. The second kappa shape index (κ2) is 8.63. The van der Waals surface area contributed by atoms with Crippen LogP contribution in [-0.2, 0) is 0 Å². The van der Waals surface area contributed by atoms with Crippen LogP contribution in [0.2, 0.25) is 0 Å². The van der Waals surface area contributed by atoms with Crippen LogP contribution in [0.25, 0.3) is 21.8 Å². The van der Waals surface area contributed by atoms with Gasteiger partial charge >= 0.3 is 0 Å². The van der Waals surface area contributed by atoms with Crippen LogP contribution in [0.3, 0.4) is 0 Å². The van der Waals surface area contributed by atoms with Gasteiger partial charge in [-0.3, -0.25) is 0 Å². The molecule has 3 heterocycles. The van der Waals surface area contributed by atoms with Gasteiger partial charge in [-0.25, -0.2) is 14.3 Å². The van der Waals surface area contributed by atoms with Crippen LogP contribution in [0.5, 0.6) is 0 Å². The van der Waals surface area contributed by atoms with Crippen LogP contribution in [0.1, 0.15) is 12.8 Å². The van der Waals surface area contributed by atoms with Crippen molar-refractivity contribution < 1.29 is 0 Å². The highest BCUT2D eigenvalue weighted by atomic mass is 32.2. The van der Waals surface area contributed by atoms with E-state index >= 15 is 0 Å². The molecule has 0 unspecified atom stereocenters. The van der Waals surface area contributed by atoms with E-state index < -0.39 is 0 Å². The Morgan fingerprint density at radius 3 is 2.54 bits per heavy atom. The maximum Gasteiger partial charge on any atom is 0.142 e. The molecule has 0 amide bonds. The molecule has 5 nitrogen and oxygen atoms in total. The highest BCUT2D eigenvalue weighted by molar-refractivity contribution is 7.97. The van der Waals surface area contributed by atoms with Crippen molar-refractivity contribution in [1.29, 1.82) is 0 Å². The van der Waals surface area contributed by atoms with Crippen molar-refractivity contribution in [3.63, 3.8) is 0 Å². The predicted octanol–water partition coefficient (Wildman–Crippen LogP) is 4.97. The third-order valence-electron chi connectivity index (χ3n) is 4.78. The molecule has 4 aromatic rings. The summed E-state index contributed by atoms with van der Waals surface area (Å²) in [4.78, 5) is 14.6. The molecule has 0 saturated carbocycles. The number of aromatic amines is 1. The Morgan fingerprint density at radius 2 is 1.75 bits per heavy atom. The second-order valence-electron chi connectivity index (χ2n) is 7.07. The molecule has 0 bridgehead atoms. The SMILES string of the molecule is CN(C)c1ncnc2[nH]ccc12.c1ccc2cc(SN3CCCC3)ccc2c1. The van der Waals surface area contributed by atoms with Gasteiger partial charge in [-0.05, 0) is 53.8 Å². The van der Waals surface area contributed by atoms with Crippen molar-refractivity contribution in [2.45, 2.75) is 17.7 Å². The summed E-state index contributed by atoms with van der Waals surface area (Å²) in [6.45, 7) is 2.47. The normalized spacial score (nSPS) is 14.2. The number of H-pyrrole nitrogens is 1. The van der Waals surface area contributed by atoms with E-state index in [1.54, 1.807) is 6.33 Å². The number of nitrogens with one attached hydrogen (secondary N) is 1. The van der Waals surface area contributed by atoms with Crippen molar-refractivity contribution in [3.05, 3.63) is 61.1 Å². The minimum absolute atomic E-state index is 0.883. The van der Waals surface area contributed by atoms with Crippen LogP contribution in [-0.4, -0.2) is 46.4 Å². The predicted molar refractivity (Wildman–Crippen MR) is 119 cm³/mol. The summed E-state index contributed by atoms with van der Waals surface area (Å²) in [6, 6.07) is 17.3. The highest BCUT2D eigenvalue weighted by Crippen LogP contribution is 2.29. The number of anilines is 1. The van der Waals surface area contributed by atoms with Gasteiger partial charge in [0.25, 0.3) is 0 Å². The molecule has 28 heavy (non-hydrogen) atoms. The van der Waals surface area contributed by atoms with Crippen LogP contribution in [0.15, 0.2) is 66.0 Å². The maximum absolute atomic E-state index is 4.17. The van der Waals surface area contributed by atoms with E-state index in [4.69, 9.17) is 0 Å². The summed E-state index contributed by atoms with van der Waals surface area (Å²) in [5.74, 6) is 0.946. The molecule has 1 aliphatic heterocycles. The lowest BCUT2D eigenvalue weighted by atomic mass is 10.1. The molecular weight excluding hydrogens is 366 g/mol. The molecule has 2 aromatic heterocycles. The van der Waals surface area contributed by atoms with Crippen molar-refractivity contribution >= 4 is 39.6 Å². The first kappa shape index (κ1) is 18.8. The summed E-state index contributed by atoms with van der Waals surface area (Å²) < 4.78 is 2.46.